The third-order valence-corrected chi connectivity index (χ3v) is 6.08. The van der Waals surface area contributed by atoms with Crippen LogP contribution in [0.5, 0.6) is 5.75 Å². The van der Waals surface area contributed by atoms with Gasteiger partial charge in [-0.25, -0.2) is 4.39 Å². The maximum atomic E-state index is 13.8. The maximum absolute atomic E-state index is 13.8. The Bertz CT molecular complexity index is 1270. The molecular weight excluding hydrogens is 417 g/mol. The summed E-state index contributed by atoms with van der Waals surface area (Å²) in [5.74, 6) is 0.373. The third kappa shape index (κ3) is 4.24. The standard InChI is InChI=1S/C27H24FN3O2/c28-19-9-7-18(8-10-19)26(31-17-3-6-25(31)32)27(33-21-13-11-20(29)12-14-21)23-15-16-30-24-5-2-1-4-22(23)24/h1-2,4-5,7-16,26-27H,3,6,17,29H2. The van der Waals surface area contributed by atoms with E-state index in [4.69, 9.17) is 10.5 Å². The van der Waals surface area contributed by atoms with Crippen LogP contribution in [0.25, 0.3) is 10.9 Å². The van der Waals surface area contributed by atoms with Crippen LogP contribution >= 0.6 is 0 Å². The number of amides is 1. The van der Waals surface area contributed by atoms with E-state index < -0.39 is 12.1 Å². The number of hydrogen-bond acceptors (Lipinski definition) is 4. The van der Waals surface area contributed by atoms with Gasteiger partial charge in [0.2, 0.25) is 5.91 Å². The molecule has 166 valence electrons. The van der Waals surface area contributed by atoms with Crippen molar-refractivity contribution in [2.45, 2.75) is 25.0 Å². The van der Waals surface area contributed by atoms with Crippen molar-refractivity contribution in [2.24, 2.45) is 0 Å². The van der Waals surface area contributed by atoms with Gasteiger partial charge in [-0.3, -0.25) is 9.78 Å². The highest BCUT2D eigenvalue weighted by molar-refractivity contribution is 5.83. The molecule has 5 rings (SSSR count). The van der Waals surface area contributed by atoms with E-state index in [9.17, 15) is 9.18 Å². The Balaban J connectivity index is 1.69. The van der Waals surface area contributed by atoms with Gasteiger partial charge in [0.1, 0.15) is 17.7 Å². The van der Waals surface area contributed by atoms with E-state index in [1.165, 1.54) is 12.1 Å². The molecule has 33 heavy (non-hydrogen) atoms. The van der Waals surface area contributed by atoms with Crippen LogP contribution < -0.4 is 10.5 Å². The number of carbonyl (C=O) groups excluding carboxylic acids is 1. The number of rotatable bonds is 6. The van der Waals surface area contributed by atoms with Gasteiger partial charge in [0, 0.05) is 35.8 Å². The summed E-state index contributed by atoms with van der Waals surface area (Å²) in [6, 6.07) is 22.9. The van der Waals surface area contributed by atoms with E-state index in [2.05, 4.69) is 4.98 Å². The Morgan fingerprint density at radius 3 is 2.45 bits per heavy atom. The summed E-state index contributed by atoms with van der Waals surface area (Å²) in [4.78, 5) is 19.3. The lowest BCUT2D eigenvalue weighted by atomic mass is 9.92. The zero-order chi connectivity index (χ0) is 22.8. The molecule has 4 aromatic rings. The predicted molar refractivity (Wildman–Crippen MR) is 126 cm³/mol. The number of benzene rings is 3. The van der Waals surface area contributed by atoms with Crippen LogP contribution in [0.2, 0.25) is 0 Å². The van der Waals surface area contributed by atoms with Crippen LogP contribution in [0.1, 0.15) is 36.1 Å². The number of aromatic nitrogens is 1. The number of anilines is 1. The summed E-state index contributed by atoms with van der Waals surface area (Å²) >= 11 is 0. The molecule has 2 atom stereocenters. The molecular formula is C27H24FN3O2. The number of hydrogen-bond donors (Lipinski definition) is 1. The van der Waals surface area contributed by atoms with Gasteiger partial charge in [-0.05, 0) is 60.5 Å². The van der Waals surface area contributed by atoms with Crippen LogP contribution in [0.4, 0.5) is 10.1 Å². The largest absolute Gasteiger partial charge is 0.483 e. The molecule has 2 unspecified atom stereocenters. The lowest BCUT2D eigenvalue weighted by Gasteiger charge is -2.36. The Hall–Kier alpha value is -3.93. The van der Waals surface area contributed by atoms with Gasteiger partial charge in [-0.2, -0.15) is 0 Å². The zero-order valence-corrected chi connectivity index (χ0v) is 18.0. The maximum Gasteiger partial charge on any atom is 0.223 e. The number of carbonyl (C=O) groups is 1. The number of pyridine rings is 1. The number of nitrogen functional groups attached to an aromatic ring is 1. The average Bonchev–Trinajstić information content (AvgIpc) is 3.26. The topological polar surface area (TPSA) is 68.5 Å². The first-order chi connectivity index (χ1) is 16.1. The number of nitrogens with zero attached hydrogens (tertiary/aromatic N) is 2. The van der Waals surface area contributed by atoms with Crippen molar-refractivity contribution in [3.8, 4) is 5.75 Å². The minimum absolute atomic E-state index is 0.0635. The second-order valence-electron chi connectivity index (χ2n) is 8.21. The van der Waals surface area contributed by atoms with E-state index in [1.807, 2.05) is 47.4 Å². The molecule has 0 spiro atoms. The quantitative estimate of drug-likeness (QED) is 0.405. The van der Waals surface area contributed by atoms with Gasteiger partial charge in [0.05, 0.1) is 11.6 Å². The van der Waals surface area contributed by atoms with Crippen molar-refractivity contribution in [3.63, 3.8) is 0 Å². The molecule has 1 saturated heterocycles. The molecule has 2 heterocycles. The monoisotopic (exact) mass is 441 g/mol. The Morgan fingerprint density at radius 1 is 0.970 bits per heavy atom. The summed E-state index contributed by atoms with van der Waals surface area (Å²) in [6.07, 6.45) is 2.48. The Morgan fingerprint density at radius 2 is 1.73 bits per heavy atom. The predicted octanol–water partition coefficient (Wildman–Crippen LogP) is 5.44. The smallest absolute Gasteiger partial charge is 0.223 e. The molecule has 2 N–H and O–H groups in total. The fourth-order valence-corrected chi connectivity index (χ4v) is 4.50. The molecule has 0 saturated carbocycles. The minimum Gasteiger partial charge on any atom is -0.483 e. The van der Waals surface area contributed by atoms with E-state index in [1.54, 1.807) is 30.5 Å². The molecule has 1 fully saturated rings. The molecule has 0 bridgehead atoms. The summed E-state index contributed by atoms with van der Waals surface area (Å²) in [7, 11) is 0. The van der Waals surface area contributed by atoms with Gasteiger partial charge in [0.25, 0.3) is 0 Å². The summed E-state index contributed by atoms with van der Waals surface area (Å²) in [6.45, 7) is 0.617. The lowest BCUT2D eigenvalue weighted by Crippen LogP contribution is -2.36. The van der Waals surface area contributed by atoms with Gasteiger partial charge in [0.15, 0.2) is 0 Å². The Kier molecular flexibility index (Phi) is 5.65. The van der Waals surface area contributed by atoms with Gasteiger partial charge in [-0.1, -0.05) is 30.3 Å². The highest BCUT2D eigenvalue weighted by Gasteiger charge is 2.37. The highest BCUT2D eigenvalue weighted by atomic mass is 19.1. The van der Waals surface area contributed by atoms with Crippen LogP contribution in [-0.2, 0) is 4.79 Å². The van der Waals surface area contributed by atoms with E-state index in [0.717, 1.165) is 28.5 Å². The molecule has 5 nitrogen and oxygen atoms in total. The van der Waals surface area contributed by atoms with Gasteiger partial charge in [-0.15, -0.1) is 0 Å². The molecule has 3 aromatic carbocycles. The third-order valence-electron chi connectivity index (χ3n) is 6.08. The van der Waals surface area contributed by atoms with Crippen molar-refractivity contribution in [1.82, 2.24) is 9.88 Å². The Labute approximate surface area is 191 Å². The average molecular weight is 442 g/mol. The molecule has 0 aliphatic carbocycles. The normalized spacial score (nSPS) is 15.5. The van der Waals surface area contributed by atoms with Crippen molar-refractivity contribution >= 4 is 22.5 Å². The van der Waals surface area contributed by atoms with Gasteiger partial charge < -0.3 is 15.4 Å². The van der Waals surface area contributed by atoms with Crippen molar-refractivity contribution in [3.05, 3.63) is 102 Å². The van der Waals surface area contributed by atoms with Crippen LogP contribution in [0.15, 0.2) is 85.1 Å². The number of fused-ring (bicyclic) bond motifs is 1. The fraction of sp³-hybridized carbons (Fsp3) is 0.185. The van der Waals surface area contributed by atoms with E-state index >= 15 is 0 Å². The lowest BCUT2D eigenvalue weighted by molar-refractivity contribution is -0.131. The van der Waals surface area contributed by atoms with E-state index in [0.29, 0.717) is 24.4 Å². The molecule has 1 aromatic heterocycles. The van der Waals surface area contributed by atoms with Crippen LogP contribution in [0.3, 0.4) is 0 Å². The first-order valence-electron chi connectivity index (χ1n) is 11.0. The molecule has 0 radical (unpaired) electrons. The molecule has 1 amide bonds. The number of likely N-dealkylation sites (tertiary alicyclic amines) is 1. The molecule has 6 heteroatoms. The molecule has 1 aliphatic heterocycles. The van der Waals surface area contributed by atoms with Crippen LogP contribution in [0, 0.1) is 5.82 Å². The summed E-state index contributed by atoms with van der Waals surface area (Å²) < 4.78 is 20.4. The SMILES string of the molecule is Nc1ccc(OC(c2ccnc3ccccc23)C(c2ccc(F)cc2)N2CCCC2=O)cc1. The number of ether oxygens (including phenoxy) is 1. The second-order valence-corrected chi connectivity index (χ2v) is 8.21. The van der Waals surface area contributed by atoms with Gasteiger partial charge >= 0.3 is 0 Å². The second kappa shape index (κ2) is 8.90. The number of halogens is 1. The molecule has 1 aliphatic rings. The first kappa shape index (κ1) is 20.9. The fourth-order valence-electron chi connectivity index (χ4n) is 4.50. The van der Waals surface area contributed by atoms with Crippen LogP contribution in [-0.4, -0.2) is 22.3 Å². The van der Waals surface area contributed by atoms with Crippen molar-refractivity contribution in [1.29, 1.82) is 0 Å². The van der Waals surface area contributed by atoms with Crippen molar-refractivity contribution in [2.75, 3.05) is 12.3 Å². The number of para-hydroxylation sites is 1. The summed E-state index contributed by atoms with van der Waals surface area (Å²) in [5.41, 5.74) is 9.07. The zero-order valence-electron chi connectivity index (χ0n) is 18.0. The number of nitrogens with two attached hydrogens (primary N) is 1. The summed E-state index contributed by atoms with van der Waals surface area (Å²) in [5, 5.41) is 0.944. The van der Waals surface area contributed by atoms with Crippen molar-refractivity contribution < 1.29 is 13.9 Å². The highest BCUT2D eigenvalue weighted by Crippen LogP contribution is 2.42. The minimum atomic E-state index is -0.547. The first-order valence-corrected chi connectivity index (χ1v) is 11.0. The van der Waals surface area contributed by atoms with E-state index in [-0.39, 0.29) is 11.7 Å².